The number of thioether (sulfide) groups is 1. The van der Waals surface area contributed by atoms with E-state index in [0.29, 0.717) is 37.1 Å². The highest BCUT2D eigenvalue weighted by molar-refractivity contribution is 8.26. The molecular weight excluding hydrogens is 453 g/mol. The van der Waals surface area contributed by atoms with Gasteiger partial charge < -0.3 is 9.84 Å². The van der Waals surface area contributed by atoms with Crippen LogP contribution in [0.1, 0.15) is 28.4 Å². The second kappa shape index (κ2) is 9.17. The monoisotopic (exact) mass is 467 g/mol. The van der Waals surface area contributed by atoms with Crippen molar-refractivity contribution in [3.63, 3.8) is 0 Å². The normalized spacial score (nSPS) is 15.3. The topological polar surface area (TPSA) is 66.8 Å². The van der Waals surface area contributed by atoms with Gasteiger partial charge in [0.25, 0.3) is 5.91 Å². The molecule has 3 rings (SSSR count). The lowest BCUT2D eigenvalue weighted by molar-refractivity contribution is -0.121. The zero-order valence-corrected chi connectivity index (χ0v) is 18.3. The maximum absolute atomic E-state index is 12.3. The van der Waals surface area contributed by atoms with Gasteiger partial charge in [0.1, 0.15) is 10.9 Å². The zero-order chi connectivity index (χ0) is 21.1. The highest BCUT2D eigenvalue weighted by atomic mass is 35.5. The van der Waals surface area contributed by atoms with Crippen LogP contribution in [-0.4, -0.2) is 32.7 Å². The van der Waals surface area contributed by atoms with Crippen LogP contribution in [0.4, 0.5) is 0 Å². The van der Waals surface area contributed by atoms with Gasteiger partial charge in [0.15, 0.2) is 5.75 Å². The predicted molar refractivity (Wildman–Crippen MR) is 120 cm³/mol. The van der Waals surface area contributed by atoms with E-state index < -0.39 is 5.97 Å². The Hall–Kier alpha value is -2.06. The molecule has 2 aromatic carbocycles. The smallest absolute Gasteiger partial charge is 0.335 e. The van der Waals surface area contributed by atoms with Gasteiger partial charge in [-0.15, -0.1) is 0 Å². The number of nitrogens with zero attached hydrogens (tertiary/aromatic N) is 1. The van der Waals surface area contributed by atoms with Gasteiger partial charge in [-0.05, 0) is 48.4 Å². The van der Waals surface area contributed by atoms with E-state index in [2.05, 4.69) is 0 Å². The van der Waals surface area contributed by atoms with Crippen molar-refractivity contribution >= 4 is 69.5 Å². The Morgan fingerprint density at radius 3 is 2.38 bits per heavy atom. The lowest BCUT2D eigenvalue weighted by atomic mass is 10.1. The first kappa shape index (κ1) is 21.6. The molecule has 0 spiro atoms. The summed E-state index contributed by atoms with van der Waals surface area (Å²) >= 11 is 19.1. The second-order valence-electron chi connectivity index (χ2n) is 6.03. The van der Waals surface area contributed by atoms with Crippen molar-refractivity contribution in [1.29, 1.82) is 0 Å². The number of carboxylic acids is 1. The molecule has 0 aromatic heterocycles. The van der Waals surface area contributed by atoms with Crippen LogP contribution in [0.15, 0.2) is 41.3 Å². The van der Waals surface area contributed by atoms with Crippen molar-refractivity contribution in [3.05, 3.63) is 68.0 Å². The summed E-state index contributed by atoms with van der Waals surface area (Å²) < 4.78 is 6.24. The zero-order valence-electron chi connectivity index (χ0n) is 15.1. The molecule has 0 unspecified atom stereocenters. The number of benzene rings is 2. The molecule has 1 saturated heterocycles. The van der Waals surface area contributed by atoms with Crippen molar-refractivity contribution in [2.75, 3.05) is 6.54 Å². The predicted octanol–water partition coefficient (Wildman–Crippen LogP) is 5.49. The van der Waals surface area contributed by atoms with Gasteiger partial charge in [0, 0.05) is 6.54 Å². The van der Waals surface area contributed by atoms with Crippen LogP contribution in [0.5, 0.6) is 5.75 Å². The van der Waals surface area contributed by atoms with Crippen LogP contribution in [0.25, 0.3) is 6.08 Å². The summed E-state index contributed by atoms with van der Waals surface area (Å²) in [6, 6.07) is 9.65. The van der Waals surface area contributed by atoms with Crippen LogP contribution >= 0.6 is 47.2 Å². The molecule has 0 radical (unpaired) electrons. The number of amides is 1. The summed E-state index contributed by atoms with van der Waals surface area (Å²) in [5.74, 6) is -0.816. The third-order valence-corrected chi connectivity index (χ3v) is 6.03. The Labute approximate surface area is 187 Å². The van der Waals surface area contributed by atoms with Gasteiger partial charge in [0.2, 0.25) is 0 Å². The molecule has 2 aromatic rings. The van der Waals surface area contributed by atoms with E-state index in [4.69, 9.17) is 45.3 Å². The van der Waals surface area contributed by atoms with Gasteiger partial charge in [0.05, 0.1) is 20.5 Å². The van der Waals surface area contributed by atoms with Gasteiger partial charge >= 0.3 is 5.97 Å². The number of aromatic carboxylic acids is 1. The summed E-state index contributed by atoms with van der Waals surface area (Å²) in [4.78, 5) is 25.3. The fourth-order valence-corrected chi connectivity index (χ4v) is 4.62. The van der Waals surface area contributed by atoms with Gasteiger partial charge in [-0.25, -0.2) is 4.79 Å². The Balaban J connectivity index is 1.76. The number of rotatable bonds is 6. The number of carbonyl (C=O) groups excluding carboxylic acids is 1. The van der Waals surface area contributed by atoms with Crippen LogP contribution in [-0.2, 0) is 11.4 Å². The van der Waals surface area contributed by atoms with Crippen molar-refractivity contribution in [1.82, 2.24) is 4.90 Å². The Bertz CT molecular complexity index is 999. The molecule has 9 heteroatoms. The first-order valence-corrected chi connectivity index (χ1v) is 10.5. The number of halogens is 2. The SMILES string of the molecule is CCN1C(=O)C(=Cc2cc(Cl)c(OCc3ccc(C(=O)O)cc3)c(Cl)c2)SC1=S. The summed E-state index contributed by atoms with van der Waals surface area (Å²) in [5, 5.41) is 9.55. The number of hydrogen-bond donors (Lipinski definition) is 1. The lowest BCUT2D eigenvalue weighted by Gasteiger charge is -2.11. The third kappa shape index (κ3) is 4.93. The van der Waals surface area contributed by atoms with E-state index in [1.807, 2.05) is 6.92 Å². The van der Waals surface area contributed by atoms with Gasteiger partial charge in [-0.3, -0.25) is 9.69 Å². The van der Waals surface area contributed by atoms with E-state index in [0.717, 1.165) is 5.56 Å². The Morgan fingerprint density at radius 2 is 1.86 bits per heavy atom. The number of carboxylic acid groups (broad SMARTS) is 1. The highest BCUT2D eigenvalue weighted by Crippen LogP contribution is 2.37. The molecule has 5 nitrogen and oxygen atoms in total. The standard InChI is InChI=1S/C20H15Cl2NO4S2/c1-2-23-18(24)16(29-20(23)28)9-12-7-14(21)17(15(22)8-12)27-10-11-3-5-13(6-4-11)19(25)26/h3-9H,2,10H2,1H3,(H,25,26). The van der Waals surface area contributed by atoms with Crippen LogP contribution in [0.3, 0.4) is 0 Å². The average molecular weight is 468 g/mol. The van der Waals surface area contributed by atoms with E-state index >= 15 is 0 Å². The second-order valence-corrected chi connectivity index (χ2v) is 8.52. The first-order chi connectivity index (χ1) is 13.8. The summed E-state index contributed by atoms with van der Waals surface area (Å²) in [6.45, 7) is 2.56. The summed E-state index contributed by atoms with van der Waals surface area (Å²) in [6.07, 6.45) is 1.70. The quantitative estimate of drug-likeness (QED) is 0.447. The number of likely N-dealkylation sites (N-methyl/N-ethyl adjacent to an activating group) is 1. The minimum absolute atomic E-state index is 0.139. The molecule has 29 heavy (non-hydrogen) atoms. The summed E-state index contributed by atoms with van der Waals surface area (Å²) in [5.41, 5.74) is 1.63. The average Bonchev–Trinajstić information content (AvgIpc) is 2.94. The molecule has 1 heterocycles. The fourth-order valence-electron chi connectivity index (χ4n) is 2.62. The first-order valence-electron chi connectivity index (χ1n) is 8.49. The molecule has 1 amide bonds. The molecule has 0 atom stereocenters. The molecule has 1 aliphatic heterocycles. The molecule has 0 bridgehead atoms. The van der Waals surface area contributed by atoms with E-state index in [1.54, 1.807) is 30.3 Å². The Morgan fingerprint density at radius 1 is 1.24 bits per heavy atom. The molecule has 1 N–H and O–H groups in total. The van der Waals surface area contributed by atoms with E-state index in [1.165, 1.54) is 28.8 Å². The van der Waals surface area contributed by atoms with Gasteiger partial charge in [-0.1, -0.05) is 59.3 Å². The number of hydrogen-bond acceptors (Lipinski definition) is 5. The molecule has 1 aliphatic rings. The van der Waals surface area contributed by atoms with Gasteiger partial charge in [-0.2, -0.15) is 0 Å². The van der Waals surface area contributed by atoms with Crippen molar-refractivity contribution in [2.24, 2.45) is 0 Å². The summed E-state index contributed by atoms with van der Waals surface area (Å²) in [7, 11) is 0. The van der Waals surface area contributed by atoms with E-state index in [-0.39, 0.29) is 18.1 Å². The minimum Gasteiger partial charge on any atom is -0.486 e. The largest absolute Gasteiger partial charge is 0.486 e. The number of ether oxygens (including phenoxy) is 1. The number of carbonyl (C=O) groups is 2. The molecule has 0 aliphatic carbocycles. The molecule has 150 valence electrons. The van der Waals surface area contributed by atoms with Crippen LogP contribution in [0.2, 0.25) is 10.0 Å². The Kier molecular flexibility index (Phi) is 6.85. The maximum atomic E-state index is 12.3. The van der Waals surface area contributed by atoms with E-state index in [9.17, 15) is 9.59 Å². The van der Waals surface area contributed by atoms with Crippen molar-refractivity contribution in [2.45, 2.75) is 13.5 Å². The molecule has 0 saturated carbocycles. The molecule has 1 fully saturated rings. The maximum Gasteiger partial charge on any atom is 0.335 e. The fraction of sp³-hybridized carbons (Fsp3) is 0.150. The van der Waals surface area contributed by atoms with Crippen molar-refractivity contribution < 1.29 is 19.4 Å². The molecular formula is C20H15Cl2NO4S2. The minimum atomic E-state index is -0.991. The number of thiocarbonyl (C=S) groups is 1. The highest BCUT2D eigenvalue weighted by Gasteiger charge is 2.30. The van der Waals surface area contributed by atoms with Crippen LogP contribution in [0, 0.1) is 0 Å². The van der Waals surface area contributed by atoms with Crippen LogP contribution < -0.4 is 4.74 Å². The van der Waals surface area contributed by atoms with Crippen molar-refractivity contribution in [3.8, 4) is 5.75 Å². The lowest BCUT2D eigenvalue weighted by Crippen LogP contribution is -2.27. The third-order valence-electron chi connectivity index (χ3n) is 4.09.